The number of fused-ring (bicyclic) bond motifs is 1. The number of aromatic amines is 1. The van der Waals surface area contributed by atoms with Crippen LogP contribution in [-0.2, 0) is 6.18 Å². The van der Waals surface area contributed by atoms with E-state index in [1.807, 2.05) is 11.8 Å². The number of nitrogens with zero attached hydrogens (tertiary/aromatic N) is 4. The molecule has 0 radical (unpaired) electrons. The monoisotopic (exact) mass is 438 g/mol. The van der Waals surface area contributed by atoms with E-state index in [4.69, 9.17) is 0 Å². The van der Waals surface area contributed by atoms with Crippen molar-refractivity contribution in [1.29, 1.82) is 0 Å². The van der Waals surface area contributed by atoms with Gasteiger partial charge in [-0.2, -0.15) is 18.3 Å². The number of halogens is 3. The average molecular weight is 438 g/mol. The number of aryl methyl sites for hydroxylation is 1. The number of anilines is 1. The molecule has 0 amide bonds. The number of hydrogen-bond donors (Lipinski definition) is 2. The quantitative estimate of drug-likeness (QED) is 0.493. The van der Waals surface area contributed by atoms with Gasteiger partial charge in [0, 0.05) is 37.3 Å². The molecule has 2 N–H and O–H groups in total. The summed E-state index contributed by atoms with van der Waals surface area (Å²) in [7, 11) is 0. The van der Waals surface area contributed by atoms with Gasteiger partial charge in [-0.15, -0.1) is 0 Å². The molecule has 6 nitrogen and oxygen atoms in total. The van der Waals surface area contributed by atoms with Gasteiger partial charge in [0.2, 0.25) is 0 Å². The molecule has 1 atom stereocenters. The van der Waals surface area contributed by atoms with Crippen molar-refractivity contribution in [3.8, 4) is 11.4 Å². The SMILES string of the molecule is Cc1ccc(C2CN(c3ccc(C(F)(F)F)c(-c4[nH]nc5ncccc45)n3)CCN2)cc1. The third-order valence-electron chi connectivity index (χ3n) is 5.73. The molecular weight excluding hydrogens is 417 g/mol. The predicted octanol–water partition coefficient (Wildman–Crippen LogP) is 4.50. The van der Waals surface area contributed by atoms with Crippen molar-refractivity contribution in [2.75, 3.05) is 24.5 Å². The minimum Gasteiger partial charge on any atom is -0.353 e. The van der Waals surface area contributed by atoms with Crippen LogP contribution in [-0.4, -0.2) is 39.8 Å². The molecule has 1 unspecified atom stereocenters. The second-order valence-corrected chi connectivity index (χ2v) is 7.90. The van der Waals surface area contributed by atoms with Crippen molar-refractivity contribution in [1.82, 2.24) is 25.5 Å². The molecule has 0 bridgehead atoms. The molecule has 9 heteroatoms. The molecule has 1 aliphatic heterocycles. The standard InChI is InChI=1S/C23H21F3N6/c1-14-4-6-15(7-5-14)18-13-32(12-11-27-18)19-9-8-17(23(24,25)26)21(29-19)20-16-3-2-10-28-22(16)31-30-20/h2-10,18,27H,11-13H2,1H3,(H,28,30,31). The van der Waals surface area contributed by atoms with Crippen molar-refractivity contribution >= 4 is 16.9 Å². The summed E-state index contributed by atoms with van der Waals surface area (Å²) < 4.78 is 41.5. The molecule has 4 heterocycles. The van der Waals surface area contributed by atoms with Crippen molar-refractivity contribution in [2.45, 2.75) is 19.1 Å². The minimum atomic E-state index is -4.55. The van der Waals surface area contributed by atoms with Crippen molar-refractivity contribution in [3.05, 3.63) is 71.4 Å². The van der Waals surface area contributed by atoms with Crippen molar-refractivity contribution in [2.24, 2.45) is 0 Å². The van der Waals surface area contributed by atoms with E-state index in [1.165, 1.54) is 11.6 Å². The van der Waals surface area contributed by atoms with Gasteiger partial charge in [0.05, 0.1) is 11.3 Å². The van der Waals surface area contributed by atoms with E-state index in [-0.39, 0.29) is 17.4 Å². The molecule has 3 aromatic heterocycles. The van der Waals surface area contributed by atoms with Gasteiger partial charge in [0.15, 0.2) is 5.65 Å². The summed E-state index contributed by atoms with van der Waals surface area (Å²) in [5.41, 5.74) is 1.91. The molecule has 5 rings (SSSR count). The first kappa shape index (κ1) is 20.4. The molecule has 0 aliphatic carbocycles. The van der Waals surface area contributed by atoms with E-state index in [0.717, 1.165) is 11.6 Å². The first-order chi connectivity index (χ1) is 15.4. The largest absolute Gasteiger partial charge is 0.418 e. The highest BCUT2D eigenvalue weighted by molar-refractivity contribution is 5.90. The van der Waals surface area contributed by atoms with Crippen LogP contribution in [0.1, 0.15) is 22.7 Å². The Hall–Kier alpha value is -3.46. The molecule has 1 aromatic carbocycles. The van der Waals surface area contributed by atoms with Crippen LogP contribution in [0.5, 0.6) is 0 Å². The summed E-state index contributed by atoms with van der Waals surface area (Å²) in [6, 6.07) is 14.2. The lowest BCUT2D eigenvalue weighted by atomic mass is 10.0. The van der Waals surface area contributed by atoms with Crippen LogP contribution in [0.3, 0.4) is 0 Å². The van der Waals surface area contributed by atoms with Gasteiger partial charge in [-0.05, 0) is 36.8 Å². The molecule has 0 saturated carbocycles. The average Bonchev–Trinajstić information content (AvgIpc) is 3.23. The van der Waals surface area contributed by atoms with Gasteiger partial charge < -0.3 is 10.2 Å². The van der Waals surface area contributed by atoms with Crippen molar-refractivity contribution < 1.29 is 13.2 Å². The maximum atomic E-state index is 13.8. The molecule has 1 aliphatic rings. The molecule has 1 saturated heterocycles. The lowest BCUT2D eigenvalue weighted by Gasteiger charge is -2.35. The van der Waals surface area contributed by atoms with Gasteiger partial charge in [-0.3, -0.25) is 5.10 Å². The highest BCUT2D eigenvalue weighted by atomic mass is 19.4. The molecule has 1 fully saturated rings. The summed E-state index contributed by atoms with van der Waals surface area (Å²) in [5, 5.41) is 10.7. The molecule has 32 heavy (non-hydrogen) atoms. The van der Waals surface area contributed by atoms with E-state index in [9.17, 15) is 13.2 Å². The zero-order valence-corrected chi connectivity index (χ0v) is 17.3. The number of benzene rings is 1. The number of H-pyrrole nitrogens is 1. The zero-order valence-electron chi connectivity index (χ0n) is 17.3. The van der Waals surface area contributed by atoms with Crippen LogP contribution in [0.4, 0.5) is 19.0 Å². The van der Waals surface area contributed by atoms with Crippen LogP contribution in [0.2, 0.25) is 0 Å². The smallest absolute Gasteiger partial charge is 0.353 e. The fourth-order valence-electron chi connectivity index (χ4n) is 4.06. The lowest BCUT2D eigenvalue weighted by molar-refractivity contribution is -0.137. The van der Waals surface area contributed by atoms with E-state index in [0.29, 0.717) is 36.5 Å². The second kappa shape index (κ2) is 7.90. The number of hydrogen-bond acceptors (Lipinski definition) is 5. The minimum absolute atomic E-state index is 0.0640. The van der Waals surface area contributed by atoms with Crippen LogP contribution >= 0.6 is 0 Å². The second-order valence-electron chi connectivity index (χ2n) is 7.90. The Labute approximate surface area is 182 Å². The molecular formula is C23H21F3N6. The summed E-state index contributed by atoms with van der Waals surface area (Å²) in [6.45, 7) is 3.98. The van der Waals surface area contributed by atoms with Gasteiger partial charge in [0.1, 0.15) is 11.5 Å². The highest BCUT2D eigenvalue weighted by Crippen LogP contribution is 2.38. The Morgan fingerprint density at radius 3 is 2.66 bits per heavy atom. The van der Waals surface area contributed by atoms with Crippen molar-refractivity contribution in [3.63, 3.8) is 0 Å². The molecule has 0 spiro atoms. The Bertz CT molecular complexity index is 1250. The number of nitrogens with one attached hydrogen (secondary N) is 2. The van der Waals surface area contributed by atoms with E-state index in [2.05, 4.69) is 49.7 Å². The number of alkyl halides is 3. The first-order valence-corrected chi connectivity index (χ1v) is 10.3. The van der Waals surface area contributed by atoms with Gasteiger partial charge in [0.25, 0.3) is 0 Å². The maximum Gasteiger partial charge on any atom is 0.418 e. The Kier molecular flexibility index (Phi) is 5.05. The topological polar surface area (TPSA) is 69.7 Å². The molecule has 4 aromatic rings. The summed E-state index contributed by atoms with van der Waals surface area (Å²) in [6.07, 6.45) is -3.00. The summed E-state index contributed by atoms with van der Waals surface area (Å²) >= 11 is 0. The number of aromatic nitrogens is 4. The zero-order chi connectivity index (χ0) is 22.3. The van der Waals surface area contributed by atoms with Crippen LogP contribution < -0.4 is 10.2 Å². The van der Waals surface area contributed by atoms with Gasteiger partial charge in [-0.1, -0.05) is 29.8 Å². The van der Waals surface area contributed by atoms with Gasteiger partial charge >= 0.3 is 6.18 Å². The highest BCUT2D eigenvalue weighted by Gasteiger charge is 2.36. The Morgan fingerprint density at radius 1 is 1.06 bits per heavy atom. The van der Waals surface area contributed by atoms with E-state index < -0.39 is 11.7 Å². The number of rotatable bonds is 3. The van der Waals surface area contributed by atoms with Crippen LogP contribution in [0.25, 0.3) is 22.4 Å². The summed E-state index contributed by atoms with van der Waals surface area (Å²) in [4.78, 5) is 10.6. The summed E-state index contributed by atoms with van der Waals surface area (Å²) in [5.74, 6) is 0.498. The fraction of sp³-hybridized carbons (Fsp3) is 0.261. The predicted molar refractivity (Wildman–Crippen MR) is 116 cm³/mol. The van der Waals surface area contributed by atoms with Crippen LogP contribution in [0.15, 0.2) is 54.7 Å². The third kappa shape index (κ3) is 3.80. The first-order valence-electron chi connectivity index (χ1n) is 10.3. The number of piperazine rings is 1. The molecule has 164 valence electrons. The lowest BCUT2D eigenvalue weighted by Crippen LogP contribution is -2.46. The fourth-order valence-corrected chi connectivity index (χ4v) is 4.06. The van der Waals surface area contributed by atoms with E-state index >= 15 is 0 Å². The maximum absolute atomic E-state index is 13.8. The van der Waals surface area contributed by atoms with Crippen LogP contribution in [0, 0.1) is 6.92 Å². The Balaban J connectivity index is 1.54. The normalized spacial score (nSPS) is 17.1. The number of pyridine rings is 2. The Morgan fingerprint density at radius 2 is 1.88 bits per heavy atom. The third-order valence-corrected chi connectivity index (χ3v) is 5.73. The van der Waals surface area contributed by atoms with Gasteiger partial charge in [-0.25, -0.2) is 9.97 Å². The van der Waals surface area contributed by atoms with E-state index in [1.54, 1.807) is 18.3 Å².